The van der Waals surface area contributed by atoms with E-state index >= 15 is 4.39 Å². The fourth-order valence-electron chi connectivity index (χ4n) is 7.54. The van der Waals surface area contributed by atoms with E-state index < -0.39 is 40.8 Å². The molecule has 1 aliphatic carbocycles. The zero-order chi connectivity index (χ0) is 32.0. The maximum atomic E-state index is 16.7. The molecule has 1 aromatic carbocycles. The molecule has 3 heterocycles. The summed E-state index contributed by atoms with van der Waals surface area (Å²) in [5, 5.41) is 9.96. The molecule has 4 aliphatic rings. The molecule has 3 amide bonds. The molecule has 3 aliphatic heterocycles. The van der Waals surface area contributed by atoms with Crippen molar-refractivity contribution in [3.05, 3.63) is 52.4 Å². The van der Waals surface area contributed by atoms with Crippen molar-refractivity contribution < 1.29 is 23.5 Å². The van der Waals surface area contributed by atoms with E-state index in [2.05, 4.69) is 41.4 Å². The molecule has 1 aromatic rings. The number of ether oxygens (including phenoxy) is 1. The van der Waals surface area contributed by atoms with Crippen LogP contribution in [0.5, 0.6) is 0 Å². The summed E-state index contributed by atoms with van der Waals surface area (Å²) in [7, 11) is 3.34. The maximum Gasteiger partial charge on any atom is 0.251 e. The Morgan fingerprint density at radius 2 is 1.91 bits per heavy atom. The largest absolute Gasteiger partial charge is 0.366 e. The van der Waals surface area contributed by atoms with Crippen molar-refractivity contribution in [1.82, 2.24) is 15.5 Å². The Morgan fingerprint density at radius 1 is 1.20 bits per heavy atom. The van der Waals surface area contributed by atoms with E-state index in [-0.39, 0.29) is 35.0 Å². The number of allylic oxidation sites excluding steroid dienone is 1. The summed E-state index contributed by atoms with van der Waals surface area (Å²) < 4.78 is 22.5. The Bertz CT molecular complexity index is 1410. The van der Waals surface area contributed by atoms with Gasteiger partial charge in [0.1, 0.15) is 22.5 Å². The van der Waals surface area contributed by atoms with Gasteiger partial charge >= 0.3 is 0 Å². The van der Waals surface area contributed by atoms with Gasteiger partial charge in [-0.1, -0.05) is 49.7 Å². The maximum absolute atomic E-state index is 16.7. The summed E-state index contributed by atoms with van der Waals surface area (Å²) in [6, 6.07) is 3.64. The van der Waals surface area contributed by atoms with Crippen LogP contribution in [0.3, 0.4) is 0 Å². The molecule has 3 N–H and O–H groups in total. The number of hydrogen-bond donors (Lipinski definition) is 3. The highest BCUT2D eigenvalue weighted by Crippen LogP contribution is 2.62. The van der Waals surface area contributed by atoms with Gasteiger partial charge in [0.05, 0.1) is 24.6 Å². The van der Waals surface area contributed by atoms with E-state index in [0.717, 1.165) is 18.9 Å². The van der Waals surface area contributed by atoms with Gasteiger partial charge in [-0.25, -0.2) is 9.38 Å². The average Bonchev–Trinajstić information content (AvgIpc) is 3.42. The molecule has 5 atom stereocenters. The highest BCUT2D eigenvalue weighted by Gasteiger charge is 2.73. The van der Waals surface area contributed by atoms with Gasteiger partial charge in [-0.15, -0.1) is 0 Å². The van der Waals surface area contributed by atoms with E-state index in [0.29, 0.717) is 42.0 Å². The number of carbonyl (C=O) groups is 3. The first kappa shape index (κ1) is 32.6. The average molecular weight is 649 g/mol. The number of amides is 3. The lowest BCUT2D eigenvalue weighted by Crippen LogP contribution is -2.62. The zero-order valence-electron chi connectivity index (χ0n) is 25.5. The van der Waals surface area contributed by atoms with Crippen LogP contribution in [-0.2, 0) is 24.5 Å². The second kappa shape index (κ2) is 12.2. The molecule has 2 spiro atoms. The minimum Gasteiger partial charge on any atom is -0.366 e. The molecule has 1 saturated carbocycles. The van der Waals surface area contributed by atoms with E-state index in [1.54, 1.807) is 32.3 Å². The molecule has 44 heavy (non-hydrogen) atoms. The number of rotatable bonds is 6. The highest BCUT2D eigenvalue weighted by atomic mass is 35.5. The standard InChI is InChI=1S/C32H40Cl2FN5O4/c1-18(33)36-15-10-22(35)25-26(27(41)37-20-7-9-24(44-17-20)28(42)40(4)5)39-31(13-11-30(2,3)12-14-31)32(25)21-8-6-19(34)16-23(21)38-29(32)43/h6,8,10,15-16,20,24-26,39H,1,7,9,11-14,17H2,2-5H3,(H,37,41)(H,38,43)/b22-10-,36-15-/t20-,24+,25+,26-,32-/m1/s1. The topological polar surface area (TPSA) is 112 Å². The third-order valence-electron chi connectivity index (χ3n) is 9.82. The number of aliphatic imine (C=N–C) groups is 1. The van der Waals surface area contributed by atoms with Gasteiger partial charge in [-0.3, -0.25) is 19.7 Å². The summed E-state index contributed by atoms with van der Waals surface area (Å²) in [6.45, 7) is 8.01. The van der Waals surface area contributed by atoms with E-state index in [1.165, 1.54) is 11.1 Å². The molecular formula is C32H40Cl2FN5O4. The zero-order valence-corrected chi connectivity index (χ0v) is 27.0. The number of fused-ring (bicyclic) bond motifs is 3. The van der Waals surface area contributed by atoms with Crippen LogP contribution in [0.1, 0.15) is 57.9 Å². The quantitative estimate of drug-likeness (QED) is 0.302. The number of nitrogens with zero attached hydrogens (tertiary/aromatic N) is 2. The molecule has 3 fully saturated rings. The van der Waals surface area contributed by atoms with Crippen molar-refractivity contribution >= 4 is 52.8 Å². The van der Waals surface area contributed by atoms with Crippen LogP contribution in [0.25, 0.3) is 0 Å². The smallest absolute Gasteiger partial charge is 0.251 e. The van der Waals surface area contributed by atoms with E-state index in [9.17, 15) is 14.4 Å². The van der Waals surface area contributed by atoms with Crippen LogP contribution in [0.4, 0.5) is 10.1 Å². The fourth-order valence-corrected chi connectivity index (χ4v) is 7.77. The van der Waals surface area contributed by atoms with Crippen molar-refractivity contribution in [3.8, 4) is 0 Å². The summed E-state index contributed by atoms with van der Waals surface area (Å²) in [5.74, 6) is -2.85. The molecule has 2 saturated heterocycles. The predicted molar refractivity (Wildman–Crippen MR) is 169 cm³/mol. The number of halogens is 3. The lowest BCUT2D eigenvalue weighted by Gasteiger charge is -2.50. The minimum absolute atomic E-state index is 0.0174. The third kappa shape index (κ3) is 5.70. The van der Waals surface area contributed by atoms with Gasteiger partial charge in [0, 0.05) is 36.6 Å². The van der Waals surface area contributed by atoms with Gasteiger partial charge in [-0.05, 0) is 67.7 Å². The van der Waals surface area contributed by atoms with E-state index in [4.69, 9.17) is 27.9 Å². The highest BCUT2D eigenvalue weighted by molar-refractivity contribution is 6.31. The molecule has 0 unspecified atom stereocenters. The second-order valence-corrected chi connectivity index (χ2v) is 14.2. The van der Waals surface area contributed by atoms with Crippen molar-refractivity contribution in [2.24, 2.45) is 16.3 Å². The summed E-state index contributed by atoms with van der Waals surface area (Å²) >= 11 is 12.1. The first-order chi connectivity index (χ1) is 20.7. The number of hydrogen-bond acceptors (Lipinski definition) is 6. The molecule has 9 nitrogen and oxygen atoms in total. The lowest BCUT2D eigenvalue weighted by molar-refractivity contribution is -0.145. The van der Waals surface area contributed by atoms with Crippen molar-refractivity contribution in [3.63, 3.8) is 0 Å². The Hall–Kier alpha value is -2.79. The number of likely N-dealkylation sites (N-methyl/N-ethyl adjacent to an activating group) is 1. The Kier molecular flexibility index (Phi) is 9.03. The van der Waals surface area contributed by atoms with Crippen LogP contribution in [-0.4, -0.2) is 73.3 Å². The SMILES string of the molecule is C=C(Cl)/N=C\C=C(/F)[C@H]1[C@H](C(=O)N[C@@H]2CC[C@@H](C(=O)N(C)C)OC2)NC2(CCC(C)(C)CC2)[C@@]12C(=O)Nc1cc(Cl)ccc12. The number of anilines is 1. The second-order valence-electron chi connectivity index (χ2n) is 13.3. The van der Waals surface area contributed by atoms with Gasteiger partial charge in [-0.2, -0.15) is 0 Å². The summed E-state index contributed by atoms with van der Waals surface area (Å²) in [6.07, 6.45) is 5.37. The van der Waals surface area contributed by atoms with E-state index in [1.807, 2.05) is 0 Å². The molecular weight excluding hydrogens is 608 g/mol. The van der Waals surface area contributed by atoms with Crippen molar-refractivity contribution in [2.45, 2.75) is 81.5 Å². The third-order valence-corrected chi connectivity index (χ3v) is 10.2. The van der Waals surface area contributed by atoms with Gasteiger partial charge in [0.15, 0.2) is 0 Å². The molecule has 5 rings (SSSR count). The molecule has 0 radical (unpaired) electrons. The normalized spacial score (nSPS) is 30.8. The molecule has 0 aromatic heterocycles. The number of benzene rings is 1. The lowest BCUT2D eigenvalue weighted by atomic mass is 9.54. The number of carbonyl (C=O) groups excluding carboxylic acids is 3. The Labute approximate surface area is 267 Å². The summed E-state index contributed by atoms with van der Waals surface area (Å²) in [4.78, 5) is 46.3. The van der Waals surface area contributed by atoms with Crippen LogP contribution in [0.2, 0.25) is 5.02 Å². The first-order valence-electron chi connectivity index (χ1n) is 15.0. The Morgan fingerprint density at radius 3 is 2.52 bits per heavy atom. The molecule has 238 valence electrons. The van der Waals surface area contributed by atoms with Crippen LogP contribution >= 0.6 is 23.2 Å². The van der Waals surface area contributed by atoms with Crippen LogP contribution in [0.15, 0.2) is 46.8 Å². The number of nitrogens with one attached hydrogen (secondary N) is 3. The van der Waals surface area contributed by atoms with Gasteiger partial charge < -0.3 is 20.3 Å². The summed E-state index contributed by atoms with van der Waals surface area (Å²) in [5.41, 5.74) is -1.25. The first-order valence-corrected chi connectivity index (χ1v) is 15.7. The Balaban J connectivity index is 1.56. The van der Waals surface area contributed by atoms with Crippen LogP contribution in [0, 0.1) is 11.3 Å². The van der Waals surface area contributed by atoms with Gasteiger partial charge in [0.25, 0.3) is 5.91 Å². The predicted octanol–water partition coefficient (Wildman–Crippen LogP) is 4.84. The molecule has 0 bridgehead atoms. The van der Waals surface area contributed by atoms with Crippen molar-refractivity contribution in [1.29, 1.82) is 0 Å². The van der Waals surface area contributed by atoms with Gasteiger partial charge in [0.2, 0.25) is 11.8 Å². The monoisotopic (exact) mass is 647 g/mol. The minimum atomic E-state index is -1.45. The molecule has 12 heteroatoms. The van der Waals surface area contributed by atoms with Crippen molar-refractivity contribution in [2.75, 3.05) is 26.0 Å². The fraction of sp³-hybridized carbons (Fsp3) is 0.562. The van der Waals surface area contributed by atoms with Crippen LogP contribution < -0.4 is 16.0 Å².